The Bertz CT molecular complexity index is 208. The molecule has 0 aliphatic heterocycles. The van der Waals surface area contributed by atoms with Gasteiger partial charge in [0.1, 0.15) is 5.01 Å². The first-order valence-corrected chi connectivity index (χ1v) is 4.81. The fraction of sp³-hybridized carbons (Fsp3) is 0.625. The average molecular weight is 170 g/mol. The van der Waals surface area contributed by atoms with Gasteiger partial charge in [-0.3, -0.25) is 0 Å². The van der Waals surface area contributed by atoms with Gasteiger partial charge in [-0.2, -0.15) is 0 Å². The van der Waals surface area contributed by atoms with Crippen LogP contribution >= 0.6 is 11.3 Å². The van der Waals surface area contributed by atoms with E-state index in [2.05, 4.69) is 18.8 Å². The minimum absolute atomic E-state index is 0.581. The van der Waals surface area contributed by atoms with E-state index in [4.69, 9.17) is 5.73 Å². The van der Waals surface area contributed by atoms with Crippen LogP contribution in [0.25, 0.3) is 0 Å². The maximum Gasteiger partial charge on any atom is 0.107 e. The third-order valence-corrected chi connectivity index (χ3v) is 2.92. The normalized spacial score (nSPS) is 10.5. The van der Waals surface area contributed by atoms with Crippen molar-refractivity contribution in [2.24, 2.45) is 5.73 Å². The second-order valence-corrected chi connectivity index (χ2v) is 3.56. The summed E-state index contributed by atoms with van der Waals surface area (Å²) < 4.78 is 0. The second-order valence-electron chi connectivity index (χ2n) is 2.39. The third-order valence-electron chi connectivity index (χ3n) is 1.65. The predicted octanol–water partition coefficient (Wildman–Crippen LogP) is 1.73. The molecule has 0 aliphatic carbocycles. The number of aryl methyl sites for hydroxylation is 2. The SMILES string of the molecule is CCc1nc(CN)sc1CC. The molecule has 0 spiro atoms. The molecule has 1 heterocycles. The zero-order chi connectivity index (χ0) is 8.27. The molecule has 0 aliphatic rings. The summed E-state index contributed by atoms with van der Waals surface area (Å²) in [7, 11) is 0. The van der Waals surface area contributed by atoms with Gasteiger partial charge in [-0.1, -0.05) is 13.8 Å². The summed E-state index contributed by atoms with van der Waals surface area (Å²) in [5, 5.41) is 1.07. The van der Waals surface area contributed by atoms with Crippen LogP contribution in [0.3, 0.4) is 0 Å². The minimum Gasteiger partial charge on any atom is -0.325 e. The second kappa shape index (κ2) is 3.83. The van der Waals surface area contributed by atoms with Gasteiger partial charge in [0.2, 0.25) is 0 Å². The molecule has 1 aromatic rings. The van der Waals surface area contributed by atoms with Gasteiger partial charge in [0.25, 0.3) is 0 Å². The number of hydrogen-bond acceptors (Lipinski definition) is 3. The number of rotatable bonds is 3. The van der Waals surface area contributed by atoms with Crippen molar-refractivity contribution in [3.8, 4) is 0 Å². The Hall–Kier alpha value is -0.410. The van der Waals surface area contributed by atoms with Gasteiger partial charge in [-0.25, -0.2) is 4.98 Å². The first-order chi connectivity index (χ1) is 5.31. The molecule has 1 aromatic heterocycles. The molecule has 1 rings (SSSR count). The molecule has 0 aromatic carbocycles. The average Bonchev–Trinajstić information content (AvgIpc) is 2.46. The molecular weight excluding hydrogens is 156 g/mol. The van der Waals surface area contributed by atoms with E-state index in [-0.39, 0.29) is 0 Å². The lowest BCUT2D eigenvalue weighted by Crippen LogP contribution is -1.95. The van der Waals surface area contributed by atoms with Crippen molar-refractivity contribution in [1.82, 2.24) is 4.98 Å². The van der Waals surface area contributed by atoms with Gasteiger partial charge in [0.05, 0.1) is 5.69 Å². The van der Waals surface area contributed by atoms with E-state index in [1.165, 1.54) is 10.6 Å². The highest BCUT2D eigenvalue weighted by molar-refractivity contribution is 7.11. The van der Waals surface area contributed by atoms with E-state index in [1.807, 2.05) is 0 Å². The first kappa shape index (κ1) is 8.68. The highest BCUT2D eigenvalue weighted by Crippen LogP contribution is 2.18. The van der Waals surface area contributed by atoms with Crippen LogP contribution in [0.2, 0.25) is 0 Å². The Labute approximate surface area is 71.5 Å². The highest BCUT2D eigenvalue weighted by atomic mass is 32.1. The molecule has 0 fully saturated rings. The lowest BCUT2D eigenvalue weighted by atomic mass is 10.2. The van der Waals surface area contributed by atoms with E-state index < -0.39 is 0 Å². The van der Waals surface area contributed by atoms with Crippen LogP contribution < -0.4 is 5.73 Å². The van der Waals surface area contributed by atoms with Crippen LogP contribution in [0.1, 0.15) is 29.4 Å². The van der Waals surface area contributed by atoms with Gasteiger partial charge in [0, 0.05) is 11.4 Å². The van der Waals surface area contributed by atoms with Crippen LogP contribution in [0.4, 0.5) is 0 Å². The Morgan fingerprint density at radius 3 is 2.45 bits per heavy atom. The van der Waals surface area contributed by atoms with Crippen molar-refractivity contribution in [2.75, 3.05) is 0 Å². The van der Waals surface area contributed by atoms with Crippen LogP contribution in [-0.2, 0) is 19.4 Å². The quantitative estimate of drug-likeness (QED) is 0.750. The summed E-state index contributed by atoms with van der Waals surface area (Å²) in [5.74, 6) is 0. The molecular formula is C8H14N2S. The molecule has 0 amide bonds. The van der Waals surface area contributed by atoms with Crippen molar-refractivity contribution in [3.05, 3.63) is 15.6 Å². The molecule has 0 atom stereocenters. The van der Waals surface area contributed by atoms with Crippen molar-refractivity contribution in [1.29, 1.82) is 0 Å². The summed E-state index contributed by atoms with van der Waals surface area (Å²) in [6, 6.07) is 0. The molecule has 0 radical (unpaired) electrons. The molecule has 11 heavy (non-hydrogen) atoms. The standard InChI is InChI=1S/C8H14N2S/c1-3-6-7(4-2)11-8(5-9)10-6/h3-5,9H2,1-2H3. The van der Waals surface area contributed by atoms with Gasteiger partial charge < -0.3 is 5.73 Å². The van der Waals surface area contributed by atoms with Gasteiger partial charge >= 0.3 is 0 Å². The van der Waals surface area contributed by atoms with Crippen LogP contribution in [0.5, 0.6) is 0 Å². The highest BCUT2D eigenvalue weighted by Gasteiger charge is 2.05. The zero-order valence-corrected chi connectivity index (χ0v) is 7.87. The summed E-state index contributed by atoms with van der Waals surface area (Å²) >= 11 is 1.75. The molecule has 0 saturated heterocycles. The summed E-state index contributed by atoms with van der Waals surface area (Å²) in [4.78, 5) is 5.81. The number of hydrogen-bond donors (Lipinski definition) is 1. The van der Waals surface area contributed by atoms with Gasteiger partial charge in [-0.15, -0.1) is 11.3 Å². The predicted molar refractivity (Wildman–Crippen MR) is 48.8 cm³/mol. The monoisotopic (exact) mass is 170 g/mol. The number of thiazole rings is 1. The number of nitrogens with two attached hydrogens (primary N) is 1. The zero-order valence-electron chi connectivity index (χ0n) is 7.05. The molecule has 0 unspecified atom stereocenters. The largest absolute Gasteiger partial charge is 0.325 e. The van der Waals surface area contributed by atoms with Gasteiger partial charge in [0.15, 0.2) is 0 Å². The van der Waals surface area contributed by atoms with Crippen LogP contribution in [-0.4, -0.2) is 4.98 Å². The lowest BCUT2D eigenvalue weighted by molar-refractivity contribution is 0.959. The maximum atomic E-state index is 5.49. The molecule has 2 N–H and O–H groups in total. The summed E-state index contributed by atoms with van der Waals surface area (Å²) in [6.07, 6.45) is 2.11. The Balaban J connectivity index is 2.92. The number of nitrogens with zero attached hydrogens (tertiary/aromatic N) is 1. The molecule has 0 saturated carbocycles. The molecule has 0 bridgehead atoms. The van der Waals surface area contributed by atoms with Crippen molar-refractivity contribution in [3.63, 3.8) is 0 Å². The fourth-order valence-electron chi connectivity index (χ4n) is 1.08. The van der Waals surface area contributed by atoms with E-state index in [1.54, 1.807) is 11.3 Å². The Morgan fingerprint density at radius 2 is 2.09 bits per heavy atom. The topological polar surface area (TPSA) is 38.9 Å². The summed E-state index contributed by atoms with van der Waals surface area (Å²) in [6.45, 7) is 4.87. The van der Waals surface area contributed by atoms with E-state index in [9.17, 15) is 0 Å². The van der Waals surface area contributed by atoms with Gasteiger partial charge in [-0.05, 0) is 12.8 Å². The first-order valence-electron chi connectivity index (χ1n) is 3.99. The Kier molecular flexibility index (Phi) is 3.02. The Morgan fingerprint density at radius 1 is 1.36 bits per heavy atom. The maximum absolute atomic E-state index is 5.49. The van der Waals surface area contributed by atoms with Crippen molar-refractivity contribution in [2.45, 2.75) is 33.2 Å². The molecule has 3 heteroatoms. The van der Waals surface area contributed by atoms with E-state index in [0.29, 0.717) is 6.54 Å². The number of aromatic nitrogens is 1. The van der Waals surface area contributed by atoms with E-state index >= 15 is 0 Å². The third kappa shape index (κ3) is 1.79. The lowest BCUT2D eigenvalue weighted by Gasteiger charge is -1.90. The minimum atomic E-state index is 0.581. The van der Waals surface area contributed by atoms with E-state index in [0.717, 1.165) is 17.8 Å². The van der Waals surface area contributed by atoms with Crippen molar-refractivity contribution < 1.29 is 0 Å². The van der Waals surface area contributed by atoms with Crippen molar-refractivity contribution >= 4 is 11.3 Å². The molecule has 62 valence electrons. The fourth-order valence-corrected chi connectivity index (χ4v) is 2.05. The summed E-state index contributed by atoms with van der Waals surface area (Å²) in [5.41, 5.74) is 6.72. The van der Waals surface area contributed by atoms with Crippen LogP contribution in [0, 0.1) is 0 Å². The van der Waals surface area contributed by atoms with Crippen LogP contribution in [0.15, 0.2) is 0 Å². The molecule has 2 nitrogen and oxygen atoms in total. The smallest absolute Gasteiger partial charge is 0.107 e.